The molecule has 0 spiro atoms. The van der Waals surface area contributed by atoms with Gasteiger partial charge in [-0.1, -0.05) is 0 Å². The molecule has 0 fully saturated rings. The summed E-state index contributed by atoms with van der Waals surface area (Å²) in [5, 5.41) is 0. The third kappa shape index (κ3) is 3.48. The average molecular weight is 333 g/mol. The maximum Gasteiger partial charge on any atom is 0.325 e. The van der Waals surface area contributed by atoms with E-state index in [0.717, 1.165) is 3.57 Å². The molecule has 0 aliphatic heterocycles. The lowest BCUT2D eigenvalue weighted by Crippen LogP contribution is -2.32. The van der Waals surface area contributed by atoms with Crippen molar-refractivity contribution in [2.75, 3.05) is 20.7 Å². The van der Waals surface area contributed by atoms with E-state index >= 15 is 0 Å². The molecule has 1 amide bonds. The molecule has 0 radical (unpaired) electrons. The lowest BCUT2D eigenvalue weighted by molar-refractivity contribution is -0.141. The Hall–Kier alpha value is -1.11. The second kappa shape index (κ2) is 5.83. The van der Waals surface area contributed by atoms with E-state index in [0.29, 0.717) is 5.56 Å². The van der Waals surface area contributed by atoms with Gasteiger partial charge < -0.3 is 9.64 Å². The number of esters is 1. The molecule has 1 rings (SSSR count). The van der Waals surface area contributed by atoms with Crippen molar-refractivity contribution in [3.8, 4) is 0 Å². The van der Waals surface area contributed by atoms with E-state index in [1.54, 1.807) is 19.2 Å². The Morgan fingerprint density at radius 2 is 1.88 bits per heavy atom. The van der Waals surface area contributed by atoms with E-state index < -0.39 is 5.97 Å². The summed E-state index contributed by atoms with van der Waals surface area (Å²) in [4.78, 5) is 24.1. The van der Waals surface area contributed by atoms with E-state index in [-0.39, 0.29) is 12.5 Å². The van der Waals surface area contributed by atoms with Gasteiger partial charge >= 0.3 is 5.97 Å². The molecule has 0 bridgehead atoms. The predicted octanol–water partition coefficient (Wildman–Crippen LogP) is 1.54. The lowest BCUT2D eigenvalue weighted by Gasteiger charge is -2.15. The number of methoxy groups -OCH3 is 1. The summed E-state index contributed by atoms with van der Waals surface area (Å²) in [7, 11) is 2.86. The van der Waals surface area contributed by atoms with Crippen molar-refractivity contribution in [1.29, 1.82) is 0 Å². The highest BCUT2D eigenvalue weighted by atomic mass is 127. The number of carbonyl (C=O) groups is 2. The number of rotatable bonds is 3. The van der Waals surface area contributed by atoms with Crippen LogP contribution in [0.2, 0.25) is 0 Å². The Kier molecular flexibility index (Phi) is 4.72. The van der Waals surface area contributed by atoms with E-state index in [2.05, 4.69) is 27.3 Å². The SMILES string of the molecule is COC(=O)CN(C)C(=O)c1ccc(I)cc1. The van der Waals surface area contributed by atoms with Crippen molar-refractivity contribution in [2.45, 2.75) is 0 Å². The standard InChI is InChI=1S/C11H12INO3/c1-13(7-10(14)16-2)11(15)8-3-5-9(12)6-4-8/h3-6H,7H2,1-2H3. The van der Waals surface area contributed by atoms with Gasteiger partial charge in [0.05, 0.1) is 7.11 Å². The molecule has 0 unspecified atom stereocenters. The molecule has 0 atom stereocenters. The monoisotopic (exact) mass is 333 g/mol. The summed E-state index contributed by atoms with van der Waals surface area (Å²) < 4.78 is 5.55. The Labute approximate surface area is 108 Å². The largest absolute Gasteiger partial charge is 0.468 e. The van der Waals surface area contributed by atoms with Gasteiger partial charge in [-0.05, 0) is 46.9 Å². The van der Waals surface area contributed by atoms with Crippen LogP contribution in [0.1, 0.15) is 10.4 Å². The lowest BCUT2D eigenvalue weighted by atomic mass is 10.2. The molecule has 0 saturated carbocycles. The minimum absolute atomic E-state index is 0.0404. The molecule has 0 aliphatic rings. The van der Waals surface area contributed by atoms with Crippen LogP contribution in [0.3, 0.4) is 0 Å². The van der Waals surface area contributed by atoms with Crippen molar-refractivity contribution >= 4 is 34.5 Å². The predicted molar refractivity (Wildman–Crippen MR) is 68.1 cm³/mol. The van der Waals surface area contributed by atoms with E-state index in [4.69, 9.17) is 0 Å². The highest BCUT2D eigenvalue weighted by molar-refractivity contribution is 14.1. The number of benzene rings is 1. The van der Waals surface area contributed by atoms with Crippen molar-refractivity contribution in [2.24, 2.45) is 0 Å². The molecule has 0 aromatic heterocycles. The topological polar surface area (TPSA) is 46.6 Å². The summed E-state index contributed by atoms with van der Waals surface area (Å²) in [6, 6.07) is 7.16. The molecule has 5 heteroatoms. The zero-order valence-corrected chi connectivity index (χ0v) is 11.2. The van der Waals surface area contributed by atoms with Gasteiger partial charge in [0, 0.05) is 16.2 Å². The molecule has 16 heavy (non-hydrogen) atoms. The molecule has 86 valence electrons. The summed E-state index contributed by atoms with van der Waals surface area (Å²) in [5.74, 6) is -0.622. The molecular formula is C11H12INO3. The molecule has 1 aromatic rings. The first-order chi connectivity index (χ1) is 7.54. The van der Waals surface area contributed by atoms with Crippen LogP contribution in [-0.2, 0) is 9.53 Å². The van der Waals surface area contributed by atoms with Crippen molar-refractivity contribution in [1.82, 2.24) is 4.90 Å². The average Bonchev–Trinajstić information content (AvgIpc) is 2.28. The van der Waals surface area contributed by atoms with Crippen LogP contribution in [0.5, 0.6) is 0 Å². The second-order valence-corrected chi connectivity index (χ2v) is 4.49. The smallest absolute Gasteiger partial charge is 0.325 e. The van der Waals surface area contributed by atoms with Gasteiger partial charge in [0.15, 0.2) is 0 Å². The highest BCUT2D eigenvalue weighted by Gasteiger charge is 2.14. The fourth-order valence-corrected chi connectivity index (χ4v) is 1.50. The molecule has 0 N–H and O–H groups in total. The number of hydrogen-bond donors (Lipinski definition) is 0. The Morgan fingerprint density at radius 1 is 1.31 bits per heavy atom. The maximum absolute atomic E-state index is 11.8. The van der Waals surface area contributed by atoms with Crippen LogP contribution in [0.15, 0.2) is 24.3 Å². The zero-order valence-electron chi connectivity index (χ0n) is 9.07. The molecule has 4 nitrogen and oxygen atoms in total. The van der Waals surface area contributed by atoms with Gasteiger partial charge in [-0.3, -0.25) is 9.59 Å². The number of ether oxygens (including phenoxy) is 1. The summed E-state index contributed by atoms with van der Waals surface area (Å²) >= 11 is 2.16. The second-order valence-electron chi connectivity index (χ2n) is 3.24. The van der Waals surface area contributed by atoms with Crippen LogP contribution in [-0.4, -0.2) is 37.5 Å². The van der Waals surface area contributed by atoms with Crippen LogP contribution in [0.4, 0.5) is 0 Å². The molecular weight excluding hydrogens is 321 g/mol. The van der Waals surface area contributed by atoms with Crippen molar-refractivity contribution in [3.63, 3.8) is 0 Å². The quantitative estimate of drug-likeness (QED) is 0.623. The fraction of sp³-hybridized carbons (Fsp3) is 0.273. The van der Waals surface area contributed by atoms with Gasteiger partial charge in [-0.2, -0.15) is 0 Å². The maximum atomic E-state index is 11.8. The first-order valence-corrected chi connectivity index (χ1v) is 5.70. The van der Waals surface area contributed by atoms with Gasteiger partial charge in [0.25, 0.3) is 5.91 Å². The molecule has 1 aromatic carbocycles. The number of halogens is 1. The third-order valence-electron chi connectivity index (χ3n) is 2.03. The number of amides is 1. The number of hydrogen-bond acceptors (Lipinski definition) is 3. The minimum atomic E-state index is -0.429. The number of likely N-dealkylation sites (N-methyl/N-ethyl adjacent to an activating group) is 1. The summed E-state index contributed by atoms with van der Waals surface area (Å²) in [5.41, 5.74) is 0.562. The van der Waals surface area contributed by atoms with Gasteiger partial charge in [-0.25, -0.2) is 0 Å². The highest BCUT2D eigenvalue weighted by Crippen LogP contribution is 2.08. The first kappa shape index (κ1) is 13.0. The molecule has 0 saturated heterocycles. The Bertz CT molecular complexity index is 389. The molecule has 0 heterocycles. The van der Waals surface area contributed by atoms with E-state index in [1.165, 1.54) is 12.0 Å². The minimum Gasteiger partial charge on any atom is -0.468 e. The van der Waals surface area contributed by atoms with Crippen LogP contribution in [0, 0.1) is 3.57 Å². The van der Waals surface area contributed by atoms with Crippen LogP contribution >= 0.6 is 22.6 Å². The van der Waals surface area contributed by atoms with Crippen LogP contribution in [0.25, 0.3) is 0 Å². The van der Waals surface area contributed by atoms with Gasteiger partial charge in [0.1, 0.15) is 6.54 Å². The first-order valence-electron chi connectivity index (χ1n) is 4.62. The number of carbonyl (C=O) groups excluding carboxylic acids is 2. The van der Waals surface area contributed by atoms with E-state index in [9.17, 15) is 9.59 Å². The number of nitrogens with zero attached hydrogens (tertiary/aromatic N) is 1. The summed E-state index contributed by atoms with van der Waals surface area (Å²) in [6.07, 6.45) is 0. The van der Waals surface area contributed by atoms with Crippen molar-refractivity contribution < 1.29 is 14.3 Å². The summed E-state index contributed by atoms with van der Waals surface area (Å²) in [6.45, 7) is -0.0404. The zero-order chi connectivity index (χ0) is 12.1. The fourth-order valence-electron chi connectivity index (χ4n) is 1.14. The van der Waals surface area contributed by atoms with E-state index in [1.807, 2.05) is 12.1 Å². The van der Waals surface area contributed by atoms with Gasteiger partial charge in [0.2, 0.25) is 0 Å². The molecule has 0 aliphatic carbocycles. The van der Waals surface area contributed by atoms with Crippen molar-refractivity contribution in [3.05, 3.63) is 33.4 Å². The third-order valence-corrected chi connectivity index (χ3v) is 2.75. The Balaban J connectivity index is 2.70. The normalized spacial score (nSPS) is 9.69. The van der Waals surface area contributed by atoms with Crippen LogP contribution < -0.4 is 0 Å². The van der Waals surface area contributed by atoms with Gasteiger partial charge in [-0.15, -0.1) is 0 Å². The Morgan fingerprint density at radius 3 is 2.38 bits per heavy atom.